The van der Waals surface area contributed by atoms with Gasteiger partial charge < -0.3 is 0 Å². The molecule has 0 saturated heterocycles. The van der Waals surface area contributed by atoms with Crippen molar-refractivity contribution < 1.29 is 9.59 Å². The Kier molecular flexibility index (Phi) is 6.32. The molecule has 0 unspecified atom stereocenters. The van der Waals surface area contributed by atoms with Crippen molar-refractivity contribution in [1.29, 1.82) is 0 Å². The Bertz CT molecular complexity index is 798. The van der Waals surface area contributed by atoms with E-state index in [9.17, 15) is 9.59 Å². The SMILES string of the molecule is CCN(C(=O)c1ccc(Cl)cc1)N(C(=O)c1cccc(Cl)c1)C(C)(C)C. The average molecular weight is 393 g/mol. The number of amides is 2. The maximum absolute atomic E-state index is 13.2. The quantitative estimate of drug-likeness (QED) is 0.663. The highest BCUT2D eigenvalue weighted by Crippen LogP contribution is 2.23. The van der Waals surface area contributed by atoms with Crippen molar-refractivity contribution in [3.05, 3.63) is 69.7 Å². The van der Waals surface area contributed by atoms with Crippen LogP contribution in [0.3, 0.4) is 0 Å². The van der Waals surface area contributed by atoms with Gasteiger partial charge >= 0.3 is 0 Å². The third kappa shape index (κ3) is 4.57. The van der Waals surface area contributed by atoms with Gasteiger partial charge in [0.15, 0.2) is 0 Å². The molecule has 4 nitrogen and oxygen atoms in total. The molecule has 26 heavy (non-hydrogen) atoms. The maximum Gasteiger partial charge on any atom is 0.273 e. The van der Waals surface area contributed by atoms with Gasteiger partial charge in [-0.3, -0.25) is 9.59 Å². The van der Waals surface area contributed by atoms with Crippen LogP contribution in [0.25, 0.3) is 0 Å². The van der Waals surface area contributed by atoms with E-state index in [4.69, 9.17) is 23.2 Å². The summed E-state index contributed by atoms with van der Waals surface area (Å²) in [5.74, 6) is -0.557. The molecule has 0 spiro atoms. The molecule has 2 aromatic rings. The molecule has 6 heteroatoms. The largest absolute Gasteiger partial charge is 0.273 e. The highest BCUT2D eigenvalue weighted by Gasteiger charge is 2.35. The third-order valence-corrected chi connectivity index (χ3v) is 4.25. The molecule has 138 valence electrons. The molecule has 2 rings (SSSR count). The molecule has 0 saturated carbocycles. The van der Waals surface area contributed by atoms with Crippen LogP contribution in [-0.4, -0.2) is 33.9 Å². The molecule has 0 N–H and O–H groups in total. The van der Waals surface area contributed by atoms with Crippen LogP contribution in [0.1, 0.15) is 48.4 Å². The van der Waals surface area contributed by atoms with Gasteiger partial charge in [-0.15, -0.1) is 0 Å². The number of carbonyl (C=O) groups excluding carboxylic acids is 2. The second-order valence-corrected chi connectivity index (χ2v) is 7.70. The molecule has 0 aliphatic rings. The minimum absolute atomic E-state index is 0.269. The van der Waals surface area contributed by atoms with Gasteiger partial charge in [-0.25, -0.2) is 10.0 Å². The van der Waals surface area contributed by atoms with E-state index in [0.29, 0.717) is 27.7 Å². The Morgan fingerprint density at radius 2 is 1.50 bits per heavy atom. The van der Waals surface area contributed by atoms with Gasteiger partial charge in [0, 0.05) is 27.7 Å². The molecule has 0 aliphatic carbocycles. The zero-order valence-electron chi connectivity index (χ0n) is 15.3. The lowest BCUT2D eigenvalue weighted by atomic mass is 10.1. The van der Waals surface area contributed by atoms with Crippen LogP contribution in [-0.2, 0) is 0 Å². The van der Waals surface area contributed by atoms with Crippen molar-refractivity contribution in [2.75, 3.05) is 6.54 Å². The Labute approximate surface area is 164 Å². The standard InChI is InChI=1S/C20H22Cl2N2O2/c1-5-23(18(25)14-9-11-16(21)12-10-14)24(20(2,3)4)19(26)15-7-6-8-17(22)13-15/h6-13H,5H2,1-4H3. The Morgan fingerprint density at radius 1 is 0.885 bits per heavy atom. The lowest BCUT2D eigenvalue weighted by Gasteiger charge is -2.43. The molecular weight excluding hydrogens is 371 g/mol. The van der Waals surface area contributed by atoms with Crippen molar-refractivity contribution in [1.82, 2.24) is 10.0 Å². The summed E-state index contributed by atoms with van der Waals surface area (Å²) < 4.78 is 0. The number of rotatable bonds is 3. The van der Waals surface area contributed by atoms with Gasteiger partial charge in [-0.2, -0.15) is 0 Å². The summed E-state index contributed by atoms with van der Waals surface area (Å²) in [5.41, 5.74) is 0.275. The van der Waals surface area contributed by atoms with Gasteiger partial charge in [0.2, 0.25) is 0 Å². The fourth-order valence-electron chi connectivity index (χ4n) is 2.64. The van der Waals surface area contributed by atoms with E-state index in [0.717, 1.165) is 0 Å². The molecule has 2 aromatic carbocycles. The minimum atomic E-state index is -0.614. The number of hydrogen-bond acceptors (Lipinski definition) is 2. The summed E-state index contributed by atoms with van der Waals surface area (Å²) >= 11 is 11.9. The van der Waals surface area contributed by atoms with Gasteiger partial charge in [0.25, 0.3) is 11.8 Å². The number of carbonyl (C=O) groups is 2. The highest BCUT2D eigenvalue weighted by atomic mass is 35.5. The van der Waals surface area contributed by atoms with Crippen molar-refractivity contribution in [3.8, 4) is 0 Å². The van der Waals surface area contributed by atoms with Crippen LogP contribution in [0.15, 0.2) is 48.5 Å². The average Bonchev–Trinajstić information content (AvgIpc) is 2.58. The van der Waals surface area contributed by atoms with Crippen molar-refractivity contribution in [2.45, 2.75) is 33.2 Å². The van der Waals surface area contributed by atoms with E-state index >= 15 is 0 Å². The first kappa shape index (κ1) is 20.3. The maximum atomic E-state index is 13.2. The van der Waals surface area contributed by atoms with Crippen LogP contribution in [0.4, 0.5) is 0 Å². The molecule has 0 heterocycles. The molecule has 0 aromatic heterocycles. The summed E-state index contributed by atoms with van der Waals surface area (Å²) in [4.78, 5) is 26.2. The lowest BCUT2D eigenvalue weighted by molar-refractivity contribution is -0.0410. The van der Waals surface area contributed by atoms with Gasteiger partial charge in [0.05, 0.1) is 5.54 Å². The number of halogens is 2. The van der Waals surface area contributed by atoms with Crippen LogP contribution in [0.5, 0.6) is 0 Å². The van der Waals surface area contributed by atoms with E-state index in [-0.39, 0.29) is 11.8 Å². The summed E-state index contributed by atoms with van der Waals surface area (Å²) in [5, 5.41) is 3.95. The van der Waals surface area contributed by atoms with Crippen LogP contribution >= 0.6 is 23.2 Å². The summed E-state index contributed by atoms with van der Waals surface area (Å²) in [6.45, 7) is 7.82. The topological polar surface area (TPSA) is 40.6 Å². The fraction of sp³-hybridized carbons (Fsp3) is 0.300. The van der Waals surface area contributed by atoms with E-state index in [1.165, 1.54) is 10.0 Å². The zero-order chi connectivity index (χ0) is 19.5. The first-order chi connectivity index (χ1) is 12.1. The highest BCUT2D eigenvalue weighted by molar-refractivity contribution is 6.31. The van der Waals surface area contributed by atoms with E-state index < -0.39 is 5.54 Å². The Balaban J connectivity index is 2.45. The monoisotopic (exact) mass is 392 g/mol. The smallest absolute Gasteiger partial charge is 0.267 e. The normalized spacial score (nSPS) is 11.2. The zero-order valence-corrected chi connectivity index (χ0v) is 16.8. The van der Waals surface area contributed by atoms with E-state index in [1.54, 1.807) is 48.5 Å². The first-order valence-electron chi connectivity index (χ1n) is 8.32. The molecule has 0 aliphatic heterocycles. The van der Waals surface area contributed by atoms with Gasteiger partial charge in [-0.1, -0.05) is 29.3 Å². The molecule has 0 atom stereocenters. The first-order valence-corrected chi connectivity index (χ1v) is 9.08. The fourth-order valence-corrected chi connectivity index (χ4v) is 2.95. The number of benzene rings is 2. The van der Waals surface area contributed by atoms with Crippen molar-refractivity contribution in [3.63, 3.8) is 0 Å². The number of nitrogens with zero attached hydrogens (tertiary/aromatic N) is 2. The third-order valence-electron chi connectivity index (χ3n) is 3.77. The summed E-state index contributed by atoms with van der Waals surface area (Å²) in [6, 6.07) is 13.3. The molecule has 0 fully saturated rings. The number of hydrazine groups is 1. The molecule has 2 amide bonds. The van der Waals surface area contributed by atoms with Gasteiger partial charge in [-0.05, 0) is 70.2 Å². The van der Waals surface area contributed by atoms with Crippen LogP contribution in [0, 0.1) is 0 Å². The van der Waals surface area contributed by atoms with E-state index in [2.05, 4.69) is 0 Å². The Hall–Kier alpha value is -2.04. The molecular formula is C20H22Cl2N2O2. The lowest BCUT2D eigenvalue weighted by Crippen LogP contribution is -2.58. The van der Waals surface area contributed by atoms with Crippen molar-refractivity contribution in [2.24, 2.45) is 0 Å². The molecule has 0 bridgehead atoms. The Morgan fingerprint density at radius 3 is 2.00 bits per heavy atom. The second kappa shape index (κ2) is 8.11. The minimum Gasteiger partial charge on any atom is -0.267 e. The van der Waals surface area contributed by atoms with Crippen LogP contribution < -0.4 is 0 Å². The summed E-state index contributed by atoms with van der Waals surface area (Å²) in [7, 11) is 0. The van der Waals surface area contributed by atoms with E-state index in [1.807, 2.05) is 27.7 Å². The van der Waals surface area contributed by atoms with Crippen molar-refractivity contribution >= 4 is 35.0 Å². The molecule has 0 radical (unpaired) electrons. The number of hydrogen-bond donors (Lipinski definition) is 0. The predicted octanol–water partition coefficient (Wildman–Crippen LogP) is 5.31. The second-order valence-electron chi connectivity index (χ2n) is 6.83. The van der Waals surface area contributed by atoms with Gasteiger partial charge in [0.1, 0.15) is 0 Å². The predicted molar refractivity (Wildman–Crippen MR) is 106 cm³/mol. The van der Waals surface area contributed by atoms with Crippen LogP contribution in [0.2, 0.25) is 10.0 Å². The summed E-state index contributed by atoms with van der Waals surface area (Å²) in [6.07, 6.45) is 0.